The van der Waals surface area contributed by atoms with E-state index in [0.29, 0.717) is 0 Å². The van der Waals surface area contributed by atoms with Gasteiger partial charge in [0.2, 0.25) is 0 Å². The third kappa shape index (κ3) is 2.99. The number of hydrogen-bond donors (Lipinski definition) is 0. The van der Waals surface area contributed by atoms with E-state index in [9.17, 15) is 0 Å². The number of thioether (sulfide) groups is 1. The number of rotatable bonds is 4. The SMILES string of the molecule is CCSC=Cc1nc(CC)cs1. The highest BCUT2D eigenvalue weighted by molar-refractivity contribution is 8.02. The molecule has 0 radical (unpaired) electrons. The lowest BCUT2D eigenvalue weighted by Crippen LogP contribution is -1.77. The summed E-state index contributed by atoms with van der Waals surface area (Å²) in [6, 6.07) is 0. The first kappa shape index (κ1) is 9.81. The van der Waals surface area contributed by atoms with Gasteiger partial charge in [0.05, 0.1) is 5.69 Å². The molecule has 0 amide bonds. The summed E-state index contributed by atoms with van der Waals surface area (Å²) in [6.07, 6.45) is 3.11. The molecular weight excluding hydrogens is 186 g/mol. The Bertz CT molecular complexity index is 253. The number of hydrogen-bond acceptors (Lipinski definition) is 3. The lowest BCUT2D eigenvalue weighted by molar-refractivity contribution is 1.06. The van der Waals surface area contributed by atoms with E-state index >= 15 is 0 Å². The average Bonchev–Trinajstić information content (AvgIpc) is 2.53. The minimum absolute atomic E-state index is 1.03. The van der Waals surface area contributed by atoms with Gasteiger partial charge in [0.15, 0.2) is 0 Å². The summed E-state index contributed by atoms with van der Waals surface area (Å²) < 4.78 is 0. The Morgan fingerprint density at radius 3 is 3.00 bits per heavy atom. The van der Waals surface area contributed by atoms with Gasteiger partial charge in [-0.05, 0) is 23.7 Å². The topological polar surface area (TPSA) is 12.9 Å². The molecule has 0 fully saturated rings. The molecule has 3 heteroatoms. The van der Waals surface area contributed by atoms with Crippen LogP contribution < -0.4 is 0 Å². The molecule has 0 saturated carbocycles. The Morgan fingerprint density at radius 2 is 2.42 bits per heavy atom. The second kappa shape index (κ2) is 5.38. The monoisotopic (exact) mass is 199 g/mol. The van der Waals surface area contributed by atoms with Crippen LogP contribution in [-0.4, -0.2) is 10.7 Å². The summed E-state index contributed by atoms with van der Waals surface area (Å²) in [6.45, 7) is 4.28. The fraction of sp³-hybridized carbons (Fsp3) is 0.444. The normalized spacial score (nSPS) is 11.2. The molecular formula is C9H13NS2. The molecule has 0 bridgehead atoms. The van der Waals surface area contributed by atoms with Crippen LogP contribution in [0, 0.1) is 0 Å². The highest BCUT2D eigenvalue weighted by Crippen LogP contribution is 2.13. The van der Waals surface area contributed by atoms with Gasteiger partial charge >= 0.3 is 0 Å². The summed E-state index contributed by atoms with van der Waals surface area (Å²) >= 11 is 3.52. The molecule has 0 N–H and O–H groups in total. The van der Waals surface area contributed by atoms with Gasteiger partial charge in [-0.3, -0.25) is 0 Å². The summed E-state index contributed by atoms with van der Waals surface area (Å²) in [4.78, 5) is 4.42. The smallest absolute Gasteiger partial charge is 0.116 e. The fourth-order valence-corrected chi connectivity index (χ4v) is 2.06. The van der Waals surface area contributed by atoms with E-state index in [2.05, 4.69) is 35.7 Å². The Hall–Kier alpha value is -0.280. The van der Waals surface area contributed by atoms with Crippen LogP contribution in [0.5, 0.6) is 0 Å². The van der Waals surface area contributed by atoms with E-state index in [-0.39, 0.29) is 0 Å². The quantitative estimate of drug-likeness (QED) is 0.737. The standard InChI is InChI=1S/C9H13NS2/c1-3-8-7-12-9(10-8)5-6-11-4-2/h5-7H,3-4H2,1-2H3. The van der Waals surface area contributed by atoms with Crippen molar-refractivity contribution in [3.8, 4) is 0 Å². The lowest BCUT2D eigenvalue weighted by atomic mass is 10.4. The first-order valence-corrected chi connectivity index (χ1v) is 6.02. The van der Waals surface area contributed by atoms with Gasteiger partial charge in [-0.2, -0.15) is 0 Å². The second-order valence-corrected chi connectivity index (χ2v) is 4.36. The number of nitrogens with zero attached hydrogens (tertiary/aromatic N) is 1. The zero-order valence-corrected chi connectivity index (χ0v) is 9.04. The molecule has 1 rings (SSSR count). The molecule has 1 nitrogen and oxygen atoms in total. The van der Waals surface area contributed by atoms with Crippen LogP contribution in [0.2, 0.25) is 0 Å². The summed E-state index contributed by atoms with van der Waals surface area (Å²) in [5, 5.41) is 5.35. The molecule has 0 aliphatic heterocycles. The van der Waals surface area contributed by atoms with Gasteiger partial charge in [0, 0.05) is 5.38 Å². The zero-order chi connectivity index (χ0) is 8.81. The Kier molecular flexibility index (Phi) is 4.40. The minimum Gasteiger partial charge on any atom is -0.242 e. The largest absolute Gasteiger partial charge is 0.242 e. The molecule has 0 unspecified atom stereocenters. The van der Waals surface area contributed by atoms with Gasteiger partial charge in [-0.25, -0.2) is 4.98 Å². The molecule has 12 heavy (non-hydrogen) atoms. The Balaban J connectivity index is 2.51. The van der Waals surface area contributed by atoms with Crippen LogP contribution in [0.3, 0.4) is 0 Å². The number of aryl methyl sites for hydroxylation is 1. The van der Waals surface area contributed by atoms with E-state index in [4.69, 9.17) is 0 Å². The third-order valence-electron chi connectivity index (χ3n) is 1.41. The van der Waals surface area contributed by atoms with E-state index < -0.39 is 0 Å². The van der Waals surface area contributed by atoms with Crippen molar-refractivity contribution in [3.63, 3.8) is 0 Å². The van der Waals surface area contributed by atoms with Crippen molar-refractivity contribution in [1.29, 1.82) is 0 Å². The van der Waals surface area contributed by atoms with Crippen molar-refractivity contribution in [2.75, 3.05) is 5.75 Å². The van der Waals surface area contributed by atoms with Gasteiger partial charge in [0.1, 0.15) is 5.01 Å². The van der Waals surface area contributed by atoms with Crippen molar-refractivity contribution in [2.45, 2.75) is 20.3 Å². The van der Waals surface area contributed by atoms with E-state index in [1.807, 2.05) is 0 Å². The van der Waals surface area contributed by atoms with Gasteiger partial charge in [-0.15, -0.1) is 23.1 Å². The molecule has 1 aromatic heterocycles. The van der Waals surface area contributed by atoms with Crippen LogP contribution >= 0.6 is 23.1 Å². The molecule has 0 aromatic carbocycles. The summed E-state index contributed by atoms with van der Waals surface area (Å²) in [7, 11) is 0. The third-order valence-corrected chi connectivity index (χ3v) is 2.93. The highest BCUT2D eigenvalue weighted by atomic mass is 32.2. The maximum atomic E-state index is 4.42. The lowest BCUT2D eigenvalue weighted by Gasteiger charge is -1.84. The van der Waals surface area contributed by atoms with Gasteiger partial charge < -0.3 is 0 Å². The Morgan fingerprint density at radius 1 is 1.58 bits per heavy atom. The van der Waals surface area contributed by atoms with Gasteiger partial charge in [-0.1, -0.05) is 13.8 Å². The maximum Gasteiger partial charge on any atom is 0.116 e. The zero-order valence-electron chi connectivity index (χ0n) is 7.41. The van der Waals surface area contributed by atoms with Crippen molar-refractivity contribution >= 4 is 29.2 Å². The van der Waals surface area contributed by atoms with E-state index in [1.165, 1.54) is 5.69 Å². The molecule has 0 atom stereocenters. The molecule has 1 aromatic rings. The van der Waals surface area contributed by atoms with Crippen molar-refractivity contribution in [2.24, 2.45) is 0 Å². The van der Waals surface area contributed by atoms with Gasteiger partial charge in [0.25, 0.3) is 0 Å². The van der Waals surface area contributed by atoms with Crippen molar-refractivity contribution < 1.29 is 0 Å². The first-order valence-electron chi connectivity index (χ1n) is 4.09. The van der Waals surface area contributed by atoms with Crippen LogP contribution in [0.4, 0.5) is 0 Å². The summed E-state index contributed by atoms with van der Waals surface area (Å²) in [5.74, 6) is 1.13. The molecule has 1 heterocycles. The fourth-order valence-electron chi connectivity index (χ4n) is 0.764. The minimum atomic E-state index is 1.03. The molecule has 0 aliphatic rings. The van der Waals surface area contributed by atoms with Crippen LogP contribution in [-0.2, 0) is 6.42 Å². The highest BCUT2D eigenvalue weighted by Gasteiger charge is 1.94. The van der Waals surface area contributed by atoms with E-state index in [1.54, 1.807) is 23.1 Å². The molecule has 0 aliphatic carbocycles. The predicted octanol–water partition coefficient (Wildman–Crippen LogP) is 3.43. The molecule has 0 saturated heterocycles. The summed E-state index contributed by atoms with van der Waals surface area (Å²) in [5.41, 5.74) is 1.20. The van der Waals surface area contributed by atoms with Crippen LogP contribution in [0.25, 0.3) is 6.08 Å². The number of aromatic nitrogens is 1. The number of thiazole rings is 1. The van der Waals surface area contributed by atoms with Crippen LogP contribution in [0.15, 0.2) is 10.8 Å². The molecule has 0 spiro atoms. The molecule has 66 valence electrons. The average molecular weight is 199 g/mol. The van der Waals surface area contributed by atoms with Crippen LogP contribution in [0.1, 0.15) is 24.5 Å². The first-order chi connectivity index (χ1) is 5.86. The van der Waals surface area contributed by atoms with Crippen molar-refractivity contribution in [1.82, 2.24) is 4.98 Å². The van der Waals surface area contributed by atoms with E-state index in [0.717, 1.165) is 17.2 Å². The maximum absolute atomic E-state index is 4.42. The predicted molar refractivity (Wildman–Crippen MR) is 58.7 cm³/mol. The second-order valence-electron chi connectivity index (χ2n) is 2.29. The Labute approximate surface area is 81.9 Å². The van der Waals surface area contributed by atoms with Crippen molar-refractivity contribution in [3.05, 3.63) is 21.5 Å².